The molecule has 0 atom stereocenters. The lowest BCUT2D eigenvalue weighted by Crippen LogP contribution is -1.69. The van der Waals surface area contributed by atoms with Crippen LogP contribution in [0.4, 0.5) is 5.00 Å². The van der Waals surface area contributed by atoms with Gasteiger partial charge in [0.25, 0.3) is 0 Å². The maximum Gasteiger partial charge on any atom is 0.122 e. The van der Waals surface area contributed by atoms with Crippen LogP contribution >= 0.6 is 11.3 Å². The lowest BCUT2D eigenvalue weighted by atomic mass is 10.2. The Morgan fingerprint density at radius 3 is 2.42 bits per heavy atom. The average molecular weight is 181 g/mol. The van der Waals surface area contributed by atoms with Crippen LogP contribution in [0.2, 0.25) is 0 Å². The molecule has 0 aliphatic rings. The van der Waals surface area contributed by atoms with Crippen molar-refractivity contribution in [2.24, 2.45) is 4.99 Å². The molecule has 0 N–H and O–H groups in total. The normalized spacial score (nSPS) is 8.25. The van der Waals surface area contributed by atoms with Crippen LogP contribution in [0.3, 0.4) is 0 Å². The van der Waals surface area contributed by atoms with Gasteiger partial charge < -0.3 is 0 Å². The second kappa shape index (κ2) is 5.72. The van der Waals surface area contributed by atoms with Crippen molar-refractivity contribution in [3.05, 3.63) is 23.6 Å². The molecular formula is C10H15NS. The number of hydrogen-bond acceptors (Lipinski definition) is 2. The Labute approximate surface area is 78.5 Å². The first kappa shape index (κ1) is 11.1. The fourth-order valence-corrected chi connectivity index (χ4v) is 1.53. The molecule has 0 saturated carbocycles. The number of hydrogen-bond donors (Lipinski definition) is 0. The summed E-state index contributed by atoms with van der Waals surface area (Å²) in [6, 6.07) is 2.01. The summed E-state index contributed by atoms with van der Waals surface area (Å²) < 4.78 is 0. The van der Waals surface area contributed by atoms with Crippen molar-refractivity contribution < 1.29 is 0 Å². The standard InChI is InChI=1S/C8H9NS.C2H6/c1-6(2)7-4-5-10-8(7)9-3;1-2/h4-5H,1,3H2,2H3;1-2H3. The Bertz CT molecular complexity index is 261. The molecule has 0 unspecified atom stereocenters. The topological polar surface area (TPSA) is 12.4 Å². The Kier molecular flexibility index (Phi) is 5.30. The van der Waals surface area contributed by atoms with Crippen LogP contribution in [0.15, 0.2) is 23.0 Å². The fraction of sp³-hybridized carbons (Fsp3) is 0.300. The van der Waals surface area contributed by atoms with E-state index >= 15 is 0 Å². The van der Waals surface area contributed by atoms with Crippen molar-refractivity contribution >= 4 is 28.6 Å². The summed E-state index contributed by atoms with van der Waals surface area (Å²) in [4.78, 5) is 3.86. The monoisotopic (exact) mass is 181 g/mol. The third kappa shape index (κ3) is 2.62. The molecule has 1 aromatic heterocycles. The van der Waals surface area contributed by atoms with E-state index in [4.69, 9.17) is 0 Å². The van der Waals surface area contributed by atoms with Crippen molar-refractivity contribution in [3.8, 4) is 0 Å². The summed E-state index contributed by atoms with van der Waals surface area (Å²) in [5.41, 5.74) is 2.16. The molecule has 0 bridgehead atoms. The van der Waals surface area contributed by atoms with E-state index in [9.17, 15) is 0 Å². The van der Waals surface area contributed by atoms with Crippen LogP contribution in [-0.2, 0) is 0 Å². The maximum atomic E-state index is 3.86. The van der Waals surface area contributed by atoms with Gasteiger partial charge in [0.05, 0.1) is 0 Å². The minimum atomic E-state index is 0.965. The van der Waals surface area contributed by atoms with Gasteiger partial charge in [0.1, 0.15) is 5.00 Å². The SMILES string of the molecule is C=Nc1sccc1C(=C)C.CC. The van der Waals surface area contributed by atoms with Crippen molar-refractivity contribution in [3.63, 3.8) is 0 Å². The highest BCUT2D eigenvalue weighted by atomic mass is 32.1. The van der Waals surface area contributed by atoms with Crippen LogP contribution in [-0.4, -0.2) is 6.72 Å². The van der Waals surface area contributed by atoms with Gasteiger partial charge in [0.2, 0.25) is 0 Å². The van der Waals surface area contributed by atoms with Crippen molar-refractivity contribution in [1.29, 1.82) is 0 Å². The van der Waals surface area contributed by atoms with Crippen molar-refractivity contribution in [2.75, 3.05) is 0 Å². The second-order valence-corrected chi connectivity index (χ2v) is 2.97. The highest BCUT2D eigenvalue weighted by Gasteiger charge is 2.00. The van der Waals surface area contributed by atoms with Gasteiger partial charge in [-0.25, -0.2) is 0 Å². The van der Waals surface area contributed by atoms with Crippen LogP contribution < -0.4 is 0 Å². The van der Waals surface area contributed by atoms with E-state index < -0.39 is 0 Å². The quantitative estimate of drug-likeness (QED) is 0.608. The highest BCUT2D eigenvalue weighted by molar-refractivity contribution is 7.14. The maximum absolute atomic E-state index is 3.86. The Morgan fingerprint density at radius 1 is 1.50 bits per heavy atom. The van der Waals surface area contributed by atoms with Gasteiger partial charge in [-0.1, -0.05) is 20.4 Å². The van der Waals surface area contributed by atoms with Gasteiger partial charge in [-0.05, 0) is 30.7 Å². The second-order valence-electron chi connectivity index (χ2n) is 2.08. The van der Waals surface area contributed by atoms with Gasteiger partial charge in [-0.2, -0.15) is 0 Å². The summed E-state index contributed by atoms with van der Waals surface area (Å²) >= 11 is 1.59. The summed E-state index contributed by atoms with van der Waals surface area (Å²) in [7, 11) is 0. The molecule has 2 heteroatoms. The van der Waals surface area contributed by atoms with E-state index in [1.807, 2.05) is 32.2 Å². The Balaban J connectivity index is 0.000000561. The minimum absolute atomic E-state index is 0.965. The number of rotatable bonds is 2. The van der Waals surface area contributed by atoms with E-state index in [1.54, 1.807) is 11.3 Å². The van der Waals surface area contributed by atoms with E-state index in [0.29, 0.717) is 0 Å². The smallest absolute Gasteiger partial charge is 0.122 e. The molecule has 0 saturated heterocycles. The summed E-state index contributed by atoms with van der Waals surface area (Å²) in [6.07, 6.45) is 0. The first-order chi connectivity index (χ1) is 5.75. The first-order valence-corrected chi connectivity index (χ1v) is 4.83. The van der Waals surface area contributed by atoms with Gasteiger partial charge in [0, 0.05) is 5.56 Å². The predicted molar refractivity (Wildman–Crippen MR) is 59.6 cm³/mol. The molecule has 0 fully saturated rings. The lowest BCUT2D eigenvalue weighted by Gasteiger charge is -1.93. The number of thiophene rings is 1. The van der Waals surface area contributed by atoms with E-state index in [2.05, 4.69) is 18.3 Å². The minimum Gasteiger partial charge on any atom is -0.253 e. The zero-order chi connectivity index (χ0) is 9.56. The fourth-order valence-electron chi connectivity index (χ4n) is 0.749. The van der Waals surface area contributed by atoms with Crippen LogP contribution in [0.1, 0.15) is 26.3 Å². The zero-order valence-electron chi connectivity index (χ0n) is 7.92. The third-order valence-electron chi connectivity index (χ3n) is 1.25. The van der Waals surface area contributed by atoms with Crippen LogP contribution in [0.25, 0.3) is 5.57 Å². The van der Waals surface area contributed by atoms with E-state index in [0.717, 1.165) is 16.1 Å². The summed E-state index contributed by atoms with van der Waals surface area (Å²) in [6.45, 7) is 13.3. The molecular weight excluding hydrogens is 166 g/mol. The van der Waals surface area contributed by atoms with E-state index in [-0.39, 0.29) is 0 Å². The molecule has 12 heavy (non-hydrogen) atoms. The van der Waals surface area contributed by atoms with Crippen LogP contribution in [0.5, 0.6) is 0 Å². The van der Waals surface area contributed by atoms with E-state index in [1.165, 1.54) is 0 Å². The zero-order valence-corrected chi connectivity index (χ0v) is 8.74. The van der Waals surface area contributed by atoms with Gasteiger partial charge >= 0.3 is 0 Å². The molecule has 0 aromatic carbocycles. The summed E-state index contributed by atoms with van der Waals surface area (Å²) in [5.74, 6) is 0. The van der Waals surface area contributed by atoms with Crippen molar-refractivity contribution in [1.82, 2.24) is 0 Å². The molecule has 1 rings (SSSR count). The number of aliphatic imine (C=N–C) groups is 1. The van der Waals surface area contributed by atoms with Gasteiger partial charge in [0.15, 0.2) is 0 Å². The molecule has 0 aliphatic carbocycles. The largest absolute Gasteiger partial charge is 0.253 e. The molecule has 0 amide bonds. The molecule has 1 aromatic rings. The molecule has 1 nitrogen and oxygen atoms in total. The Hall–Kier alpha value is -0.890. The lowest BCUT2D eigenvalue weighted by molar-refractivity contribution is 1.50. The third-order valence-corrected chi connectivity index (χ3v) is 2.09. The number of allylic oxidation sites excluding steroid dienone is 1. The average Bonchev–Trinajstić information content (AvgIpc) is 2.55. The molecule has 66 valence electrons. The number of nitrogens with zero attached hydrogens (tertiary/aromatic N) is 1. The Morgan fingerprint density at radius 2 is 2.08 bits per heavy atom. The first-order valence-electron chi connectivity index (χ1n) is 3.96. The molecule has 0 radical (unpaired) electrons. The van der Waals surface area contributed by atoms with Gasteiger partial charge in [-0.15, -0.1) is 11.3 Å². The highest BCUT2D eigenvalue weighted by Crippen LogP contribution is 2.30. The molecule has 0 aliphatic heterocycles. The predicted octanol–water partition coefficient (Wildman–Crippen LogP) is 4.14. The van der Waals surface area contributed by atoms with Crippen LogP contribution in [0, 0.1) is 0 Å². The summed E-state index contributed by atoms with van der Waals surface area (Å²) in [5, 5.41) is 2.96. The van der Waals surface area contributed by atoms with Crippen molar-refractivity contribution in [2.45, 2.75) is 20.8 Å². The molecule has 0 spiro atoms. The molecule has 1 heterocycles. The van der Waals surface area contributed by atoms with Gasteiger partial charge in [-0.3, -0.25) is 4.99 Å².